The third-order valence-corrected chi connectivity index (χ3v) is 4.63. The Morgan fingerprint density at radius 1 is 1.11 bits per heavy atom. The Kier molecular flexibility index (Phi) is 8.94. The molecular formula is C21H30N2O5. The van der Waals surface area contributed by atoms with Crippen LogP contribution in [0, 0.1) is 0 Å². The Hall–Kier alpha value is -2.41. The highest BCUT2D eigenvalue weighted by Crippen LogP contribution is 2.17. The molecule has 1 aromatic carbocycles. The minimum absolute atomic E-state index is 0.225. The van der Waals surface area contributed by atoms with Gasteiger partial charge in [-0.1, -0.05) is 18.6 Å². The lowest BCUT2D eigenvalue weighted by Crippen LogP contribution is -2.39. The molecule has 1 saturated heterocycles. The summed E-state index contributed by atoms with van der Waals surface area (Å²) in [4.78, 5) is 38.0. The van der Waals surface area contributed by atoms with E-state index < -0.39 is 18.5 Å². The lowest BCUT2D eigenvalue weighted by atomic mass is 10.1. The van der Waals surface area contributed by atoms with E-state index in [4.69, 9.17) is 4.74 Å². The molecule has 2 amide bonds. The molecule has 28 heavy (non-hydrogen) atoms. The summed E-state index contributed by atoms with van der Waals surface area (Å²) in [5.74, 6) is -0.661. The minimum atomic E-state index is -0.551. The molecule has 7 nitrogen and oxygen atoms in total. The Balaban J connectivity index is 1.76. The van der Waals surface area contributed by atoms with Gasteiger partial charge in [-0.15, -0.1) is 0 Å². The first-order chi connectivity index (χ1) is 13.5. The summed E-state index contributed by atoms with van der Waals surface area (Å²) in [5, 5.41) is 0. The third-order valence-electron chi connectivity index (χ3n) is 4.63. The Morgan fingerprint density at radius 2 is 1.86 bits per heavy atom. The van der Waals surface area contributed by atoms with E-state index in [-0.39, 0.29) is 12.5 Å². The topological polar surface area (TPSA) is 76.2 Å². The number of ether oxygens (including phenoxy) is 2. The number of esters is 1. The highest BCUT2D eigenvalue weighted by atomic mass is 16.5. The Morgan fingerprint density at radius 3 is 2.54 bits per heavy atom. The van der Waals surface area contributed by atoms with Crippen molar-refractivity contribution in [3.63, 3.8) is 0 Å². The van der Waals surface area contributed by atoms with E-state index in [0.29, 0.717) is 13.0 Å². The lowest BCUT2D eigenvalue weighted by Gasteiger charge is -2.26. The van der Waals surface area contributed by atoms with Gasteiger partial charge in [0.15, 0.2) is 6.61 Å². The second kappa shape index (κ2) is 11.4. The highest BCUT2D eigenvalue weighted by molar-refractivity contribution is 5.95. The number of carbonyl (C=O) groups excluding carboxylic acids is 3. The van der Waals surface area contributed by atoms with E-state index in [0.717, 1.165) is 30.3 Å². The second-order valence-corrected chi connectivity index (χ2v) is 7.03. The van der Waals surface area contributed by atoms with Gasteiger partial charge in [-0.05, 0) is 50.0 Å². The van der Waals surface area contributed by atoms with Gasteiger partial charge in [-0.2, -0.15) is 0 Å². The van der Waals surface area contributed by atoms with Crippen LogP contribution in [-0.2, 0) is 25.7 Å². The molecule has 0 unspecified atom stereocenters. The third kappa shape index (κ3) is 7.68. The fourth-order valence-corrected chi connectivity index (χ4v) is 3.22. The SMILES string of the molecule is CC(=O)OCC(=O)N(CCCOc1cccc(CN2CCCCC2)c1)C(C)=O. The van der Waals surface area contributed by atoms with E-state index in [1.54, 1.807) is 0 Å². The lowest BCUT2D eigenvalue weighted by molar-refractivity contribution is -0.154. The van der Waals surface area contributed by atoms with Gasteiger partial charge in [0.25, 0.3) is 5.91 Å². The average molecular weight is 390 g/mol. The summed E-state index contributed by atoms with van der Waals surface area (Å²) >= 11 is 0. The zero-order valence-corrected chi connectivity index (χ0v) is 16.8. The maximum Gasteiger partial charge on any atom is 0.303 e. The normalized spacial score (nSPS) is 14.4. The monoisotopic (exact) mass is 390 g/mol. The van der Waals surface area contributed by atoms with Crippen LogP contribution in [0.25, 0.3) is 0 Å². The number of amides is 2. The van der Waals surface area contributed by atoms with Crippen LogP contribution in [-0.4, -0.2) is 60.4 Å². The fraction of sp³-hybridized carbons (Fsp3) is 0.571. The molecule has 0 saturated carbocycles. The molecule has 1 heterocycles. The molecule has 2 rings (SSSR count). The molecule has 0 bridgehead atoms. The first-order valence-corrected chi connectivity index (χ1v) is 9.84. The predicted octanol–water partition coefficient (Wildman–Crippen LogP) is 2.38. The summed E-state index contributed by atoms with van der Waals surface area (Å²) in [5.41, 5.74) is 1.22. The number of benzene rings is 1. The minimum Gasteiger partial charge on any atom is -0.494 e. The van der Waals surface area contributed by atoms with Crippen LogP contribution < -0.4 is 4.74 Å². The number of likely N-dealkylation sites (tertiary alicyclic amines) is 1. The number of imide groups is 1. The maximum atomic E-state index is 12.0. The van der Waals surface area contributed by atoms with Crippen LogP contribution in [0.1, 0.15) is 45.1 Å². The highest BCUT2D eigenvalue weighted by Gasteiger charge is 2.18. The van der Waals surface area contributed by atoms with E-state index >= 15 is 0 Å². The first-order valence-electron chi connectivity index (χ1n) is 9.84. The van der Waals surface area contributed by atoms with Crippen molar-refractivity contribution in [3.05, 3.63) is 29.8 Å². The Bertz CT molecular complexity index is 671. The largest absolute Gasteiger partial charge is 0.494 e. The number of hydrogen-bond donors (Lipinski definition) is 0. The van der Waals surface area contributed by atoms with Gasteiger partial charge < -0.3 is 9.47 Å². The van der Waals surface area contributed by atoms with Gasteiger partial charge >= 0.3 is 5.97 Å². The van der Waals surface area contributed by atoms with Crippen molar-refractivity contribution in [1.29, 1.82) is 0 Å². The van der Waals surface area contributed by atoms with E-state index in [1.807, 2.05) is 18.2 Å². The van der Waals surface area contributed by atoms with Crippen LogP contribution in [0.2, 0.25) is 0 Å². The number of nitrogens with zero attached hydrogens (tertiary/aromatic N) is 2. The zero-order valence-electron chi connectivity index (χ0n) is 16.8. The summed E-state index contributed by atoms with van der Waals surface area (Å²) in [6.45, 7) is 5.95. The number of carbonyl (C=O) groups is 3. The van der Waals surface area contributed by atoms with Crippen molar-refractivity contribution in [1.82, 2.24) is 9.80 Å². The van der Waals surface area contributed by atoms with Gasteiger partial charge in [0.1, 0.15) is 5.75 Å². The van der Waals surface area contributed by atoms with Crippen molar-refractivity contribution in [2.45, 2.75) is 46.1 Å². The molecule has 0 N–H and O–H groups in total. The molecule has 1 aliphatic heterocycles. The van der Waals surface area contributed by atoms with Crippen molar-refractivity contribution in [2.24, 2.45) is 0 Å². The first kappa shape index (κ1) is 21.9. The molecule has 0 spiro atoms. The smallest absolute Gasteiger partial charge is 0.303 e. The van der Waals surface area contributed by atoms with Crippen LogP contribution >= 0.6 is 0 Å². The van der Waals surface area contributed by atoms with Crippen molar-refractivity contribution < 1.29 is 23.9 Å². The second-order valence-electron chi connectivity index (χ2n) is 7.03. The van der Waals surface area contributed by atoms with E-state index in [9.17, 15) is 14.4 Å². The molecule has 7 heteroatoms. The molecule has 1 fully saturated rings. The molecule has 0 aliphatic carbocycles. The van der Waals surface area contributed by atoms with E-state index in [1.165, 1.54) is 38.7 Å². The average Bonchev–Trinajstić information content (AvgIpc) is 2.67. The van der Waals surface area contributed by atoms with Crippen molar-refractivity contribution >= 4 is 17.8 Å². The standard InChI is InChI=1S/C21H30N2O5/c1-17(24)23(21(26)16-28-18(2)25)12-7-13-27-20-9-6-8-19(14-20)15-22-10-4-3-5-11-22/h6,8-9,14H,3-5,7,10-13,15-16H2,1-2H3. The number of piperidine rings is 1. The van der Waals surface area contributed by atoms with Crippen LogP contribution in [0.3, 0.4) is 0 Å². The quantitative estimate of drug-likeness (QED) is 0.476. The molecule has 0 radical (unpaired) electrons. The van der Waals surface area contributed by atoms with Crippen molar-refractivity contribution in [2.75, 3.05) is 32.8 Å². The van der Waals surface area contributed by atoms with Gasteiger partial charge in [0.2, 0.25) is 5.91 Å². The van der Waals surface area contributed by atoms with Gasteiger partial charge in [0.05, 0.1) is 6.61 Å². The molecule has 0 aromatic heterocycles. The predicted molar refractivity (Wildman–Crippen MR) is 105 cm³/mol. The van der Waals surface area contributed by atoms with E-state index in [2.05, 4.69) is 15.7 Å². The summed E-state index contributed by atoms with van der Waals surface area (Å²) in [6, 6.07) is 8.04. The number of rotatable bonds is 9. The Labute approximate surface area is 166 Å². The van der Waals surface area contributed by atoms with Crippen molar-refractivity contribution in [3.8, 4) is 5.75 Å². The van der Waals surface area contributed by atoms with Crippen LogP contribution in [0.4, 0.5) is 0 Å². The summed E-state index contributed by atoms with van der Waals surface area (Å²) in [6.07, 6.45) is 4.35. The number of hydrogen-bond acceptors (Lipinski definition) is 6. The fourth-order valence-electron chi connectivity index (χ4n) is 3.22. The molecule has 1 aliphatic rings. The van der Waals surface area contributed by atoms with Crippen LogP contribution in [0.15, 0.2) is 24.3 Å². The van der Waals surface area contributed by atoms with Gasteiger partial charge in [-0.3, -0.25) is 24.2 Å². The summed E-state index contributed by atoms with van der Waals surface area (Å²) in [7, 11) is 0. The molecular weight excluding hydrogens is 360 g/mol. The summed E-state index contributed by atoms with van der Waals surface area (Å²) < 4.78 is 10.5. The molecule has 1 aromatic rings. The molecule has 0 atom stereocenters. The van der Waals surface area contributed by atoms with Gasteiger partial charge in [-0.25, -0.2) is 0 Å². The zero-order chi connectivity index (χ0) is 20.4. The molecule has 154 valence electrons. The van der Waals surface area contributed by atoms with Crippen LogP contribution in [0.5, 0.6) is 5.75 Å². The maximum absolute atomic E-state index is 12.0. The van der Waals surface area contributed by atoms with Gasteiger partial charge in [0, 0.05) is 26.9 Å².